The number of nitrogens with zero attached hydrogens (tertiary/aromatic N) is 2. The van der Waals surface area contributed by atoms with Crippen LogP contribution in [-0.2, 0) is 7.05 Å². The van der Waals surface area contributed by atoms with Gasteiger partial charge in [0.2, 0.25) is 0 Å². The number of aryl methyl sites for hydroxylation is 1. The van der Waals surface area contributed by atoms with E-state index < -0.39 is 17.7 Å². The van der Waals surface area contributed by atoms with Crippen molar-refractivity contribution in [3.8, 4) is 0 Å². The van der Waals surface area contributed by atoms with E-state index in [0.29, 0.717) is 5.69 Å². The van der Waals surface area contributed by atoms with Crippen LogP contribution in [0.5, 0.6) is 0 Å². The van der Waals surface area contributed by atoms with Crippen molar-refractivity contribution in [3.63, 3.8) is 0 Å². The average Bonchev–Trinajstić information content (AvgIpc) is 2.68. The highest BCUT2D eigenvalue weighted by atomic mass is 19.2. The molecule has 0 fully saturated rings. The van der Waals surface area contributed by atoms with E-state index in [-0.39, 0.29) is 5.56 Å². The van der Waals surface area contributed by atoms with Gasteiger partial charge in [-0.3, -0.25) is 4.68 Å². The van der Waals surface area contributed by atoms with Gasteiger partial charge in [-0.15, -0.1) is 0 Å². The summed E-state index contributed by atoms with van der Waals surface area (Å²) in [5.41, 5.74) is 0.672. The van der Waals surface area contributed by atoms with Crippen LogP contribution in [0.15, 0.2) is 30.5 Å². The van der Waals surface area contributed by atoms with Gasteiger partial charge in [0.15, 0.2) is 11.6 Å². The summed E-state index contributed by atoms with van der Waals surface area (Å²) in [4.78, 5) is 0. The first kappa shape index (κ1) is 10.8. The number of hydrogen-bond donors (Lipinski definition) is 1. The minimum Gasteiger partial charge on any atom is -0.382 e. The molecule has 1 aromatic carbocycles. The lowest BCUT2D eigenvalue weighted by Gasteiger charge is -2.08. The van der Waals surface area contributed by atoms with E-state index in [2.05, 4.69) is 5.10 Å². The first-order chi connectivity index (χ1) is 7.58. The lowest BCUT2D eigenvalue weighted by molar-refractivity contribution is 0.213. The molecule has 1 aromatic heterocycles. The van der Waals surface area contributed by atoms with E-state index in [1.807, 2.05) is 0 Å². The van der Waals surface area contributed by atoms with Gasteiger partial charge in [0.05, 0.1) is 5.69 Å². The van der Waals surface area contributed by atoms with Crippen molar-refractivity contribution in [2.75, 3.05) is 0 Å². The molecule has 0 bridgehead atoms. The fraction of sp³-hybridized carbons (Fsp3) is 0.182. The van der Waals surface area contributed by atoms with Crippen molar-refractivity contribution >= 4 is 0 Å². The molecule has 84 valence electrons. The van der Waals surface area contributed by atoms with Crippen LogP contribution in [0.3, 0.4) is 0 Å². The molecular weight excluding hydrogens is 214 g/mol. The van der Waals surface area contributed by atoms with Crippen molar-refractivity contribution in [1.29, 1.82) is 0 Å². The second-order valence-electron chi connectivity index (χ2n) is 3.49. The van der Waals surface area contributed by atoms with Crippen molar-refractivity contribution in [3.05, 3.63) is 53.4 Å². The average molecular weight is 224 g/mol. The number of hydrogen-bond acceptors (Lipinski definition) is 2. The van der Waals surface area contributed by atoms with Gasteiger partial charge >= 0.3 is 0 Å². The molecule has 3 nitrogen and oxygen atoms in total. The molecule has 0 aliphatic heterocycles. The Morgan fingerprint density at radius 2 is 2.00 bits per heavy atom. The third kappa shape index (κ3) is 1.94. The second kappa shape index (κ2) is 4.02. The van der Waals surface area contributed by atoms with E-state index in [1.54, 1.807) is 19.3 Å². The topological polar surface area (TPSA) is 38.0 Å². The number of halogens is 2. The monoisotopic (exact) mass is 224 g/mol. The van der Waals surface area contributed by atoms with Crippen molar-refractivity contribution in [2.24, 2.45) is 7.05 Å². The SMILES string of the molecule is Cn1ccc(C(O)c2ccc(F)c(F)c2)n1. The van der Waals surface area contributed by atoms with Crippen LogP contribution in [0.2, 0.25) is 0 Å². The molecular formula is C11H10F2N2O. The Balaban J connectivity index is 2.33. The van der Waals surface area contributed by atoms with Crippen molar-refractivity contribution in [2.45, 2.75) is 6.10 Å². The smallest absolute Gasteiger partial charge is 0.159 e. The maximum atomic E-state index is 12.9. The zero-order chi connectivity index (χ0) is 11.7. The van der Waals surface area contributed by atoms with E-state index in [1.165, 1.54) is 10.7 Å². The number of aliphatic hydroxyl groups excluding tert-OH is 1. The summed E-state index contributed by atoms with van der Waals surface area (Å²) in [5, 5.41) is 13.8. The van der Waals surface area contributed by atoms with E-state index in [0.717, 1.165) is 12.1 Å². The second-order valence-corrected chi connectivity index (χ2v) is 3.49. The van der Waals surface area contributed by atoms with Crippen LogP contribution in [-0.4, -0.2) is 14.9 Å². The Labute approximate surface area is 91.0 Å². The molecule has 0 aliphatic rings. The Morgan fingerprint density at radius 1 is 1.25 bits per heavy atom. The van der Waals surface area contributed by atoms with Crippen LogP contribution in [0.1, 0.15) is 17.4 Å². The predicted molar refractivity (Wildman–Crippen MR) is 53.6 cm³/mol. The highest BCUT2D eigenvalue weighted by Gasteiger charge is 2.15. The number of aromatic nitrogens is 2. The zero-order valence-electron chi connectivity index (χ0n) is 8.56. The van der Waals surface area contributed by atoms with Crippen LogP contribution in [0, 0.1) is 11.6 Å². The molecule has 0 saturated carbocycles. The minimum absolute atomic E-state index is 0.276. The van der Waals surface area contributed by atoms with Crippen LogP contribution < -0.4 is 0 Å². The maximum absolute atomic E-state index is 12.9. The van der Waals surface area contributed by atoms with Gasteiger partial charge in [-0.25, -0.2) is 8.78 Å². The van der Waals surface area contributed by atoms with Crippen LogP contribution >= 0.6 is 0 Å². The summed E-state index contributed by atoms with van der Waals surface area (Å²) in [6.07, 6.45) is 0.620. The highest BCUT2D eigenvalue weighted by Crippen LogP contribution is 2.21. The quantitative estimate of drug-likeness (QED) is 0.844. The largest absolute Gasteiger partial charge is 0.382 e. The fourth-order valence-electron chi connectivity index (χ4n) is 1.43. The van der Waals surface area contributed by atoms with Gasteiger partial charge in [-0.2, -0.15) is 5.10 Å². The first-order valence-electron chi connectivity index (χ1n) is 4.70. The molecule has 1 atom stereocenters. The Hall–Kier alpha value is -1.75. The summed E-state index contributed by atoms with van der Waals surface area (Å²) >= 11 is 0. The first-order valence-corrected chi connectivity index (χ1v) is 4.70. The summed E-state index contributed by atoms with van der Waals surface area (Å²) in [7, 11) is 1.71. The van der Waals surface area contributed by atoms with E-state index in [4.69, 9.17) is 0 Å². The van der Waals surface area contributed by atoms with Crippen LogP contribution in [0.4, 0.5) is 8.78 Å². The normalized spacial score (nSPS) is 12.8. The lowest BCUT2D eigenvalue weighted by atomic mass is 10.1. The van der Waals surface area contributed by atoms with Crippen LogP contribution in [0.25, 0.3) is 0 Å². The number of rotatable bonds is 2. The molecule has 5 heteroatoms. The van der Waals surface area contributed by atoms with Gasteiger partial charge in [-0.05, 0) is 23.8 Å². The zero-order valence-corrected chi connectivity index (χ0v) is 8.56. The Bertz CT molecular complexity index is 510. The molecule has 1 heterocycles. The standard InChI is InChI=1S/C11H10F2N2O/c1-15-5-4-10(14-15)11(16)7-2-3-8(12)9(13)6-7/h2-6,11,16H,1H3. The van der Waals surface area contributed by atoms with Gasteiger partial charge in [0.1, 0.15) is 6.10 Å². The van der Waals surface area contributed by atoms with Gasteiger partial charge in [0.25, 0.3) is 0 Å². The molecule has 0 amide bonds. The predicted octanol–water partition coefficient (Wildman–Crippen LogP) is 1.78. The Morgan fingerprint density at radius 3 is 2.56 bits per heavy atom. The third-order valence-corrected chi connectivity index (χ3v) is 2.27. The molecule has 1 N–H and O–H groups in total. The number of benzene rings is 1. The fourth-order valence-corrected chi connectivity index (χ4v) is 1.43. The molecule has 0 aliphatic carbocycles. The number of aliphatic hydroxyl groups is 1. The maximum Gasteiger partial charge on any atom is 0.159 e. The molecule has 0 radical (unpaired) electrons. The molecule has 1 unspecified atom stereocenters. The summed E-state index contributed by atoms with van der Waals surface area (Å²) in [6.45, 7) is 0. The molecule has 16 heavy (non-hydrogen) atoms. The van der Waals surface area contributed by atoms with Gasteiger partial charge in [0, 0.05) is 13.2 Å². The summed E-state index contributed by atoms with van der Waals surface area (Å²) in [5.74, 6) is -1.91. The lowest BCUT2D eigenvalue weighted by Crippen LogP contribution is -2.02. The van der Waals surface area contributed by atoms with Crippen molar-refractivity contribution < 1.29 is 13.9 Å². The Kier molecular flexibility index (Phi) is 2.70. The van der Waals surface area contributed by atoms with Gasteiger partial charge in [-0.1, -0.05) is 6.07 Å². The van der Waals surface area contributed by atoms with Crippen molar-refractivity contribution in [1.82, 2.24) is 9.78 Å². The molecule has 0 saturated heterocycles. The summed E-state index contributed by atoms with van der Waals surface area (Å²) in [6, 6.07) is 4.90. The third-order valence-electron chi connectivity index (χ3n) is 2.27. The van der Waals surface area contributed by atoms with Gasteiger partial charge < -0.3 is 5.11 Å². The van der Waals surface area contributed by atoms with E-state index >= 15 is 0 Å². The minimum atomic E-state index is -1.05. The van der Waals surface area contributed by atoms with E-state index in [9.17, 15) is 13.9 Å². The summed E-state index contributed by atoms with van der Waals surface area (Å²) < 4.78 is 27.2. The molecule has 2 aromatic rings. The molecule has 2 rings (SSSR count). The molecule has 0 spiro atoms. The highest BCUT2D eigenvalue weighted by molar-refractivity contribution is 5.26.